The molecule has 5 aromatic rings. The number of nitrogens with one attached hydrogen (secondary N) is 5. The average molecular weight is 873 g/mol. The van der Waals surface area contributed by atoms with Crippen molar-refractivity contribution in [2.24, 2.45) is 5.92 Å². The van der Waals surface area contributed by atoms with Crippen molar-refractivity contribution >= 4 is 69.7 Å². The van der Waals surface area contributed by atoms with Crippen LogP contribution in [0.4, 0.5) is 38.9 Å². The number of anilines is 6. The van der Waals surface area contributed by atoms with Crippen molar-refractivity contribution in [2.75, 3.05) is 60.1 Å². The number of carbonyl (C=O) groups is 4. The van der Waals surface area contributed by atoms with Crippen molar-refractivity contribution in [3.8, 4) is 0 Å². The Labute approximate surface area is 370 Å². The molecule has 3 fully saturated rings. The van der Waals surface area contributed by atoms with Crippen LogP contribution in [-0.4, -0.2) is 88.8 Å². The highest BCUT2D eigenvalue weighted by Gasteiger charge is 2.29. The molecule has 0 radical (unpaired) electrons. The minimum absolute atomic E-state index is 0.0533. The molecule has 3 aliphatic rings. The first-order valence-corrected chi connectivity index (χ1v) is 21.7. The summed E-state index contributed by atoms with van der Waals surface area (Å²) < 4.78 is 14.7. The van der Waals surface area contributed by atoms with Gasteiger partial charge in [-0.25, -0.2) is 14.4 Å². The second kappa shape index (κ2) is 19.7. The largest absolute Gasteiger partial charge is 0.369 e. The zero-order valence-electron chi connectivity index (χ0n) is 35.0. The Morgan fingerprint density at radius 1 is 0.810 bits per heavy atom. The van der Waals surface area contributed by atoms with Crippen LogP contribution in [0.25, 0.3) is 0 Å². The average Bonchev–Trinajstić information content (AvgIpc) is 3.29. The molecule has 4 aromatic carbocycles. The van der Waals surface area contributed by atoms with E-state index in [4.69, 9.17) is 11.6 Å². The molecule has 2 unspecified atom stereocenters. The summed E-state index contributed by atoms with van der Waals surface area (Å²) in [5.41, 5.74) is 7.72. The Balaban J connectivity index is 0.750. The fourth-order valence-electron chi connectivity index (χ4n) is 8.42. The van der Waals surface area contributed by atoms with E-state index < -0.39 is 5.82 Å². The van der Waals surface area contributed by atoms with Gasteiger partial charge in [0.05, 0.1) is 22.8 Å². The third-order valence-electron chi connectivity index (χ3n) is 12.1. The highest BCUT2D eigenvalue weighted by Crippen LogP contribution is 2.29. The Hall–Kier alpha value is -6.42. The lowest BCUT2D eigenvalue weighted by Crippen LogP contribution is -2.51. The molecule has 3 saturated heterocycles. The number of benzene rings is 4. The van der Waals surface area contributed by atoms with E-state index in [1.807, 2.05) is 17.1 Å². The minimum Gasteiger partial charge on any atom is -0.369 e. The van der Waals surface area contributed by atoms with Crippen LogP contribution in [0.1, 0.15) is 71.2 Å². The second-order valence-electron chi connectivity index (χ2n) is 16.3. The van der Waals surface area contributed by atoms with Crippen LogP contribution in [0, 0.1) is 11.7 Å². The number of hydrogen-bond acceptors (Lipinski definition) is 11. The smallest absolute Gasteiger partial charge is 0.265 e. The summed E-state index contributed by atoms with van der Waals surface area (Å²) in [6.45, 7) is 7.74. The van der Waals surface area contributed by atoms with E-state index >= 15 is 0 Å². The molecule has 4 amide bonds. The molecule has 0 aliphatic carbocycles. The Morgan fingerprint density at radius 2 is 1.46 bits per heavy atom. The molecular weight excluding hydrogens is 823 g/mol. The number of hydrogen-bond donors (Lipinski definition) is 5. The number of halogens is 2. The molecule has 0 bridgehead atoms. The molecule has 1 aromatic heterocycles. The summed E-state index contributed by atoms with van der Waals surface area (Å²) in [5, 5.41) is 13.7. The number of nitrogens with zero attached hydrogens (tertiary/aromatic N) is 5. The van der Waals surface area contributed by atoms with Gasteiger partial charge < -0.3 is 20.9 Å². The summed E-state index contributed by atoms with van der Waals surface area (Å²) in [6.07, 6.45) is 5.13. The highest BCUT2D eigenvalue weighted by molar-refractivity contribution is 6.33. The van der Waals surface area contributed by atoms with E-state index in [0.717, 1.165) is 76.0 Å². The maximum absolute atomic E-state index is 14.7. The standard InChI is InChI=1S/C47H50ClFN10O4/c1-30(57-24-26-58(27-25-57)37-16-10-32(11-17-37)38-18-19-42(60)54-46(38)63)28-31-20-22-59(23-21-31)56-45(62)34-8-14-36(15-9-34)52-47-50-29-40(49)43(55-47)51-35-12-6-33(7-13-35)44(61)53-41-5-3-2-4-39(41)48/h2-17,29-31,38H,18-28H2,1H3,(H,53,61)(H,56,62)(H,54,60,63)(H2,50,51,52,55). The summed E-state index contributed by atoms with van der Waals surface area (Å²) >= 11 is 6.16. The van der Waals surface area contributed by atoms with Crippen molar-refractivity contribution in [1.29, 1.82) is 0 Å². The maximum Gasteiger partial charge on any atom is 0.265 e. The predicted octanol–water partition coefficient (Wildman–Crippen LogP) is 7.49. The molecule has 14 nitrogen and oxygen atoms in total. The van der Waals surface area contributed by atoms with E-state index in [2.05, 4.69) is 65.5 Å². The SMILES string of the molecule is CC(CC1CCN(NC(=O)c2ccc(Nc3ncc(F)c(Nc4ccc(C(=O)Nc5ccccc5Cl)cc4)n3)cc2)CC1)N1CCN(c2ccc(C3CCC(=O)NC3=O)cc2)CC1. The van der Waals surface area contributed by atoms with E-state index in [9.17, 15) is 23.6 Å². The quantitative estimate of drug-likeness (QED) is 0.0746. The van der Waals surface area contributed by atoms with Gasteiger partial charge in [0.15, 0.2) is 11.6 Å². The van der Waals surface area contributed by atoms with Gasteiger partial charge in [-0.2, -0.15) is 4.98 Å². The molecule has 63 heavy (non-hydrogen) atoms. The van der Waals surface area contributed by atoms with Gasteiger partial charge in [0.25, 0.3) is 11.8 Å². The van der Waals surface area contributed by atoms with Crippen LogP contribution in [-0.2, 0) is 9.59 Å². The van der Waals surface area contributed by atoms with Gasteiger partial charge >= 0.3 is 0 Å². The van der Waals surface area contributed by atoms with Gasteiger partial charge in [-0.15, -0.1) is 0 Å². The number of para-hydroxylation sites is 1. The third kappa shape index (κ3) is 11.0. The summed E-state index contributed by atoms with van der Waals surface area (Å²) in [4.78, 5) is 63.1. The van der Waals surface area contributed by atoms with Gasteiger partial charge in [-0.1, -0.05) is 35.9 Å². The molecule has 0 saturated carbocycles. The van der Waals surface area contributed by atoms with Crippen LogP contribution in [0.3, 0.4) is 0 Å². The van der Waals surface area contributed by atoms with E-state index in [1.165, 1.54) is 0 Å². The summed E-state index contributed by atoms with van der Waals surface area (Å²) in [6, 6.07) is 29.1. The molecule has 2 atom stereocenters. The first kappa shape index (κ1) is 43.2. The van der Waals surface area contributed by atoms with Crippen molar-refractivity contribution in [3.05, 3.63) is 131 Å². The van der Waals surface area contributed by atoms with Crippen molar-refractivity contribution < 1.29 is 23.6 Å². The first-order chi connectivity index (χ1) is 30.5. The minimum atomic E-state index is -0.657. The molecule has 3 aliphatic heterocycles. The lowest BCUT2D eigenvalue weighted by Gasteiger charge is -2.41. The monoisotopic (exact) mass is 872 g/mol. The molecule has 0 spiro atoms. The van der Waals surface area contributed by atoms with Crippen molar-refractivity contribution in [2.45, 2.75) is 51.0 Å². The molecule has 4 heterocycles. The number of amides is 4. The lowest BCUT2D eigenvalue weighted by molar-refractivity contribution is -0.134. The van der Waals surface area contributed by atoms with Crippen molar-refractivity contribution in [1.82, 2.24) is 30.6 Å². The number of aromatic nitrogens is 2. The molecule has 5 N–H and O–H groups in total. The Bertz CT molecular complexity index is 2420. The Kier molecular flexibility index (Phi) is 13.5. The molecule has 16 heteroatoms. The van der Waals surface area contributed by atoms with Gasteiger partial charge in [-0.3, -0.25) is 34.8 Å². The fourth-order valence-corrected chi connectivity index (χ4v) is 8.60. The predicted molar refractivity (Wildman–Crippen MR) is 242 cm³/mol. The maximum atomic E-state index is 14.7. The number of hydrazine groups is 1. The van der Waals surface area contributed by atoms with Gasteiger partial charge in [0.2, 0.25) is 17.8 Å². The zero-order chi connectivity index (χ0) is 43.9. The Morgan fingerprint density at radius 3 is 2.13 bits per heavy atom. The number of carbonyl (C=O) groups excluding carboxylic acids is 4. The van der Waals surface area contributed by atoms with Crippen molar-refractivity contribution in [3.63, 3.8) is 0 Å². The van der Waals surface area contributed by atoms with Crippen LogP contribution >= 0.6 is 11.6 Å². The first-order valence-electron chi connectivity index (χ1n) is 21.4. The van der Waals surface area contributed by atoms with Crippen LogP contribution in [0.5, 0.6) is 0 Å². The van der Waals surface area contributed by atoms with E-state index in [0.29, 0.717) is 58.0 Å². The molecule has 326 valence electrons. The number of rotatable bonds is 13. The van der Waals surface area contributed by atoms with E-state index in [1.54, 1.807) is 72.8 Å². The normalized spacial score (nSPS) is 18.0. The highest BCUT2D eigenvalue weighted by atomic mass is 35.5. The van der Waals surface area contributed by atoms with Gasteiger partial charge in [-0.05, 0) is 117 Å². The number of piperidine rings is 2. The lowest BCUT2D eigenvalue weighted by atomic mass is 9.90. The second-order valence-corrected chi connectivity index (χ2v) is 16.7. The molecule has 8 rings (SSSR count). The number of piperazine rings is 1. The fraction of sp³-hybridized carbons (Fsp3) is 0.319. The van der Waals surface area contributed by atoms with Crippen LogP contribution < -0.4 is 31.6 Å². The van der Waals surface area contributed by atoms with Crippen LogP contribution in [0.15, 0.2) is 103 Å². The van der Waals surface area contributed by atoms with Gasteiger partial charge in [0.1, 0.15) is 0 Å². The third-order valence-corrected chi connectivity index (χ3v) is 12.4. The van der Waals surface area contributed by atoms with Gasteiger partial charge in [0, 0.05) is 79.9 Å². The number of imide groups is 1. The van der Waals surface area contributed by atoms with E-state index in [-0.39, 0.29) is 41.3 Å². The summed E-state index contributed by atoms with van der Waals surface area (Å²) in [7, 11) is 0. The topological polar surface area (TPSA) is 164 Å². The zero-order valence-corrected chi connectivity index (χ0v) is 35.7. The molecular formula is C47H50ClFN10O4. The summed E-state index contributed by atoms with van der Waals surface area (Å²) in [5.74, 6) is -1.16. The van der Waals surface area contributed by atoms with Crippen LogP contribution in [0.2, 0.25) is 5.02 Å².